The number of aromatic amines is 1. The Kier molecular flexibility index (Phi) is 4.95. The molecule has 1 aliphatic heterocycles. The highest BCUT2D eigenvalue weighted by molar-refractivity contribution is 5.49. The normalized spacial score (nSPS) is 21.9. The monoisotopic (exact) mass is 382 g/mol. The standard InChI is InChI=1S/C20H26N6O2/c1-2-5-14(6-3-1)18-22-19(24-23-18)15-7-4-9-26(11-15)12-17-21-20(28-25-17)16-8-10-27-13-16/h8,10,13-15H,1-7,9,11-12H2,(H,22,23,24). The minimum Gasteiger partial charge on any atom is -0.472 e. The van der Waals surface area contributed by atoms with E-state index >= 15 is 0 Å². The molecule has 28 heavy (non-hydrogen) atoms. The van der Waals surface area contributed by atoms with Crippen LogP contribution in [-0.4, -0.2) is 43.3 Å². The zero-order chi connectivity index (χ0) is 18.8. The SMILES string of the molecule is c1cc(-c2nc(CN3CCCC(c4n[nH]c(C5CCCCC5)n4)C3)no2)co1. The maximum Gasteiger partial charge on any atom is 0.261 e. The van der Waals surface area contributed by atoms with Crippen LogP contribution >= 0.6 is 0 Å². The molecule has 1 saturated carbocycles. The fourth-order valence-corrected chi connectivity index (χ4v) is 4.46. The van der Waals surface area contributed by atoms with Crippen molar-refractivity contribution in [2.75, 3.05) is 13.1 Å². The van der Waals surface area contributed by atoms with Gasteiger partial charge in [-0.2, -0.15) is 10.1 Å². The quantitative estimate of drug-likeness (QED) is 0.715. The molecule has 1 atom stereocenters. The van der Waals surface area contributed by atoms with Crippen LogP contribution < -0.4 is 0 Å². The number of piperidine rings is 1. The lowest BCUT2D eigenvalue weighted by Crippen LogP contribution is -2.34. The van der Waals surface area contributed by atoms with Gasteiger partial charge in [0.25, 0.3) is 5.89 Å². The summed E-state index contributed by atoms with van der Waals surface area (Å²) in [6.45, 7) is 2.64. The number of aromatic nitrogens is 5. The summed E-state index contributed by atoms with van der Waals surface area (Å²) in [5, 5.41) is 11.9. The Bertz CT molecular complexity index is 880. The van der Waals surface area contributed by atoms with Gasteiger partial charge in [-0.05, 0) is 38.3 Å². The molecule has 0 radical (unpaired) electrons. The molecule has 148 valence electrons. The van der Waals surface area contributed by atoms with Crippen molar-refractivity contribution in [3.63, 3.8) is 0 Å². The summed E-state index contributed by atoms with van der Waals surface area (Å²) < 4.78 is 10.4. The highest BCUT2D eigenvalue weighted by Crippen LogP contribution is 2.32. The Hall–Kier alpha value is -2.48. The van der Waals surface area contributed by atoms with Crippen LogP contribution in [0.2, 0.25) is 0 Å². The zero-order valence-corrected chi connectivity index (χ0v) is 16.0. The largest absolute Gasteiger partial charge is 0.472 e. The predicted molar refractivity (Wildman–Crippen MR) is 101 cm³/mol. The third-order valence-electron chi connectivity index (χ3n) is 5.98. The summed E-state index contributed by atoms with van der Waals surface area (Å²) in [6.07, 6.45) is 11.9. The van der Waals surface area contributed by atoms with Gasteiger partial charge in [0.1, 0.15) is 12.1 Å². The van der Waals surface area contributed by atoms with Crippen molar-refractivity contribution >= 4 is 0 Å². The third-order valence-corrected chi connectivity index (χ3v) is 5.98. The van der Waals surface area contributed by atoms with E-state index in [0.717, 1.165) is 43.1 Å². The number of H-pyrrole nitrogens is 1. The summed E-state index contributed by atoms with van der Waals surface area (Å²) in [5.41, 5.74) is 0.811. The minimum absolute atomic E-state index is 0.364. The minimum atomic E-state index is 0.364. The van der Waals surface area contributed by atoms with Gasteiger partial charge in [0.05, 0.1) is 18.4 Å². The zero-order valence-electron chi connectivity index (χ0n) is 16.0. The van der Waals surface area contributed by atoms with Gasteiger partial charge in [0.2, 0.25) is 0 Å². The molecule has 1 saturated heterocycles. The van der Waals surface area contributed by atoms with E-state index in [1.54, 1.807) is 12.5 Å². The fraction of sp³-hybridized carbons (Fsp3) is 0.600. The molecule has 5 rings (SSSR count). The van der Waals surface area contributed by atoms with Crippen molar-refractivity contribution in [3.8, 4) is 11.5 Å². The molecule has 3 aromatic heterocycles. The summed E-state index contributed by atoms with van der Waals surface area (Å²) in [7, 11) is 0. The maximum atomic E-state index is 5.36. The van der Waals surface area contributed by atoms with Crippen LogP contribution in [0.25, 0.3) is 11.5 Å². The first-order valence-corrected chi connectivity index (χ1v) is 10.3. The van der Waals surface area contributed by atoms with Gasteiger partial charge in [-0.1, -0.05) is 24.4 Å². The molecule has 4 heterocycles. The number of furan rings is 1. The molecule has 0 amide bonds. The summed E-state index contributed by atoms with van der Waals surface area (Å²) in [4.78, 5) is 11.7. The Morgan fingerprint density at radius 3 is 2.82 bits per heavy atom. The summed E-state index contributed by atoms with van der Waals surface area (Å²) >= 11 is 0. The lowest BCUT2D eigenvalue weighted by Gasteiger charge is -2.30. The van der Waals surface area contributed by atoms with E-state index in [9.17, 15) is 0 Å². The summed E-state index contributed by atoms with van der Waals surface area (Å²) in [5.74, 6) is 4.20. The van der Waals surface area contributed by atoms with Crippen molar-refractivity contribution in [1.29, 1.82) is 0 Å². The number of nitrogens with one attached hydrogen (secondary N) is 1. The van der Waals surface area contributed by atoms with Crippen molar-refractivity contribution in [1.82, 2.24) is 30.2 Å². The molecule has 0 aromatic carbocycles. The highest BCUT2D eigenvalue weighted by Gasteiger charge is 2.27. The molecule has 1 N–H and O–H groups in total. The van der Waals surface area contributed by atoms with Crippen molar-refractivity contribution < 1.29 is 8.94 Å². The first-order chi connectivity index (χ1) is 13.8. The van der Waals surface area contributed by atoms with Crippen LogP contribution in [0.1, 0.15) is 74.3 Å². The molecule has 1 aliphatic carbocycles. The van der Waals surface area contributed by atoms with E-state index in [1.165, 1.54) is 32.1 Å². The molecule has 2 aliphatic rings. The number of nitrogens with zero attached hydrogens (tertiary/aromatic N) is 5. The smallest absolute Gasteiger partial charge is 0.261 e. The Labute approximate surface area is 163 Å². The second kappa shape index (κ2) is 7.87. The van der Waals surface area contributed by atoms with Gasteiger partial charge in [0, 0.05) is 18.4 Å². The van der Waals surface area contributed by atoms with Crippen molar-refractivity contribution in [2.24, 2.45) is 0 Å². The molecule has 8 heteroatoms. The van der Waals surface area contributed by atoms with Crippen LogP contribution in [0.4, 0.5) is 0 Å². The number of rotatable bonds is 5. The topological polar surface area (TPSA) is 96.9 Å². The molecule has 3 aromatic rings. The van der Waals surface area contributed by atoms with Crippen LogP contribution in [-0.2, 0) is 6.54 Å². The van der Waals surface area contributed by atoms with Gasteiger partial charge in [0.15, 0.2) is 11.6 Å². The molecule has 1 unspecified atom stereocenters. The third kappa shape index (κ3) is 3.73. The van der Waals surface area contributed by atoms with Crippen LogP contribution in [0.5, 0.6) is 0 Å². The maximum absolute atomic E-state index is 5.36. The van der Waals surface area contributed by atoms with Gasteiger partial charge < -0.3 is 8.94 Å². The van der Waals surface area contributed by atoms with Crippen molar-refractivity contribution in [2.45, 2.75) is 63.3 Å². The first-order valence-electron chi connectivity index (χ1n) is 10.3. The van der Waals surface area contributed by atoms with Crippen LogP contribution in [0.3, 0.4) is 0 Å². The van der Waals surface area contributed by atoms with Crippen LogP contribution in [0, 0.1) is 0 Å². The lowest BCUT2D eigenvalue weighted by atomic mass is 9.89. The van der Waals surface area contributed by atoms with E-state index in [0.29, 0.717) is 30.1 Å². The average Bonchev–Trinajstić information content (AvgIpc) is 3.50. The molecule has 8 nitrogen and oxygen atoms in total. The number of likely N-dealkylation sites (tertiary alicyclic amines) is 1. The number of hydrogen-bond donors (Lipinski definition) is 1. The lowest BCUT2D eigenvalue weighted by molar-refractivity contribution is 0.190. The fourth-order valence-electron chi connectivity index (χ4n) is 4.46. The second-order valence-corrected chi connectivity index (χ2v) is 8.02. The molecule has 0 spiro atoms. The van der Waals surface area contributed by atoms with E-state index in [-0.39, 0.29) is 0 Å². The first kappa shape index (κ1) is 17.6. The average molecular weight is 382 g/mol. The van der Waals surface area contributed by atoms with E-state index in [4.69, 9.17) is 13.9 Å². The predicted octanol–water partition coefficient (Wildman–Crippen LogP) is 3.88. The second-order valence-electron chi connectivity index (χ2n) is 8.02. The van der Waals surface area contributed by atoms with E-state index in [1.807, 2.05) is 6.07 Å². The Balaban J connectivity index is 1.22. The van der Waals surface area contributed by atoms with Crippen LogP contribution in [0.15, 0.2) is 27.5 Å². The van der Waals surface area contributed by atoms with Gasteiger partial charge in [-0.3, -0.25) is 10.00 Å². The van der Waals surface area contributed by atoms with E-state index < -0.39 is 0 Å². The van der Waals surface area contributed by atoms with Gasteiger partial charge >= 0.3 is 0 Å². The molecular formula is C20H26N6O2. The highest BCUT2D eigenvalue weighted by atomic mass is 16.5. The Morgan fingerprint density at radius 2 is 1.96 bits per heavy atom. The van der Waals surface area contributed by atoms with E-state index in [2.05, 4.69) is 25.2 Å². The molecular weight excluding hydrogens is 356 g/mol. The number of hydrogen-bond acceptors (Lipinski definition) is 7. The van der Waals surface area contributed by atoms with Gasteiger partial charge in [-0.25, -0.2) is 4.98 Å². The van der Waals surface area contributed by atoms with Gasteiger partial charge in [-0.15, -0.1) is 0 Å². The molecule has 0 bridgehead atoms. The Morgan fingerprint density at radius 1 is 1.07 bits per heavy atom. The molecule has 2 fully saturated rings. The summed E-state index contributed by atoms with van der Waals surface area (Å²) in [6, 6.07) is 1.82. The van der Waals surface area contributed by atoms with Crippen molar-refractivity contribution in [3.05, 3.63) is 36.1 Å².